The Morgan fingerprint density at radius 2 is 1.65 bits per heavy atom. The molecule has 5 heteroatoms. The van der Waals surface area contributed by atoms with Crippen molar-refractivity contribution in [2.45, 2.75) is 26.4 Å². The molecule has 1 amide bonds. The second-order valence-corrected chi connectivity index (χ2v) is 5.35. The molecule has 0 bridgehead atoms. The van der Waals surface area contributed by atoms with Gasteiger partial charge in [-0.3, -0.25) is 4.79 Å². The molecule has 0 aliphatic rings. The molecule has 0 aliphatic heterocycles. The maximum atomic E-state index is 12.3. The highest BCUT2D eigenvalue weighted by molar-refractivity contribution is 6.30. The number of halogens is 1. The van der Waals surface area contributed by atoms with E-state index in [4.69, 9.17) is 21.1 Å². The lowest BCUT2D eigenvalue weighted by atomic mass is 10.2. The first-order valence-electron chi connectivity index (χ1n) is 7.58. The lowest BCUT2D eigenvalue weighted by Crippen LogP contribution is -2.32. The Bertz CT molecular complexity index is 626. The van der Waals surface area contributed by atoms with E-state index < -0.39 is 6.10 Å². The van der Waals surface area contributed by atoms with Gasteiger partial charge in [-0.1, -0.05) is 18.5 Å². The molecule has 122 valence electrons. The van der Waals surface area contributed by atoms with Crippen LogP contribution in [0.15, 0.2) is 48.5 Å². The lowest BCUT2D eigenvalue weighted by Gasteiger charge is -2.17. The first-order valence-corrected chi connectivity index (χ1v) is 7.96. The van der Waals surface area contributed by atoms with Crippen LogP contribution >= 0.6 is 11.6 Å². The summed E-state index contributed by atoms with van der Waals surface area (Å²) in [7, 11) is 0. The Labute approximate surface area is 141 Å². The molecule has 0 saturated carbocycles. The van der Waals surface area contributed by atoms with Crippen molar-refractivity contribution in [3.05, 3.63) is 53.6 Å². The normalized spacial score (nSPS) is 11.6. The summed E-state index contributed by atoms with van der Waals surface area (Å²) in [6.07, 6.45) is -0.00590. The molecule has 0 heterocycles. The van der Waals surface area contributed by atoms with Crippen molar-refractivity contribution in [2.24, 2.45) is 0 Å². The molecular weight excluding hydrogens is 314 g/mol. The average molecular weight is 334 g/mol. The van der Waals surface area contributed by atoms with Crippen LogP contribution in [-0.2, 0) is 4.79 Å². The number of nitrogens with one attached hydrogen (secondary N) is 1. The average Bonchev–Trinajstić information content (AvgIpc) is 2.56. The molecule has 0 spiro atoms. The zero-order valence-electron chi connectivity index (χ0n) is 13.2. The molecule has 0 aromatic heterocycles. The smallest absolute Gasteiger partial charge is 0.265 e. The Balaban J connectivity index is 1.97. The number of carbonyl (C=O) groups is 1. The summed E-state index contributed by atoms with van der Waals surface area (Å²) in [5, 5.41) is 3.48. The minimum Gasteiger partial charge on any atom is -0.494 e. The summed E-state index contributed by atoms with van der Waals surface area (Å²) < 4.78 is 11.1. The van der Waals surface area contributed by atoms with Crippen LogP contribution in [0.2, 0.25) is 5.02 Å². The van der Waals surface area contributed by atoms with Crippen molar-refractivity contribution in [2.75, 3.05) is 11.9 Å². The van der Waals surface area contributed by atoms with Crippen LogP contribution in [0.25, 0.3) is 0 Å². The van der Waals surface area contributed by atoms with Gasteiger partial charge in [-0.05, 0) is 61.9 Å². The third-order valence-electron chi connectivity index (χ3n) is 3.19. The van der Waals surface area contributed by atoms with Gasteiger partial charge in [0.1, 0.15) is 11.5 Å². The van der Waals surface area contributed by atoms with Crippen LogP contribution in [-0.4, -0.2) is 18.6 Å². The summed E-state index contributed by atoms with van der Waals surface area (Å²) in [5.74, 6) is 1.20. The van der Waals surface area contributed by atoms with Gasteiger partial charge in [-0.15, -0.1) is 0 Å². The largest absolute Gasteiger partial charge is 0.494 e. The molecule has 0 unspecified atom stereocenters. The van der Waals surface area contributed by atoms with Crippen LogP contribution in [0.1, 0.15) is 20.3 Å². The molecule has 4 nitrogen and oxygen atoms in total. The quantitative estimate of drug-likeness (QED) is 0.809. The number of carbonyl (C=O) groups excluding carboxylic acids is 1. The molecule has 1 N–H and O–H groups in total. The summed E-state index contributed by atoms with van der Waals surface area (Å²) in [5.41, 5.74) is 0.705. The zero-order valence-corrected chi connectivity index (χ0v) is 14.0. The van der Waals surface area contributed by atoms with E-state index >= 15 is 0 Å². The molecule has 0 aliphatic carbocycles. The molecular formula is C18H20ClNO3. The number of ether oxygens (including phenoxy) is 2. The Kier molecular flexibility index (Phi) is 6.29. The first kappa shape index (κ1) is 17.2. The number of anilines is 1. The van der Waals surface area contributed by atoms with Crippen molar-refractivity contribution in [3.8, 4) is 11.5 Å². The van der Waals surface area contributed by atoms with Gasteiger partial charge in [-0.25, -0.2) is 0 Å². The second-order valence-electron chi connectivity index (χ2n) is 4.92. The van der Waals surface area contributed by atoms with E-state index in [0.717, 1.165) is 5.75 Å². The van der Waals surface area contributed by atoms with E-state index in [2.05, 4.69) is 5.32 Å². The van der Waals surface area contributed by atoms with Gasteiger partial charge in [0.2, 0.25) is 0 Å². The maximum Gasteiger partial charge on any atom is 0.265 e. The fourth-order valence-electron chi connectivity index (χ4n) is 2.02. The van der Waals surface area contributed by atoms with Crippen molar-refractivity contribution in [1.29, 1.82) is 0 Å². The molecule has 1 atom stereocenters. The van der Waals surface area contributed by atoms with Crippen LogP contribution in [0.5, 0.6) is 11.5 Å². The highest BCUT2D eigenvalue weighted by Gasteiger charge is 2.18. The second kappa shape index (κ2) is 8.44. The van der Waals surface area contributed by atoms with E-state index in [1.165, 1.54) is 0 Å². The number of benzene rings is 2. The van der Waals surface area contributed by atoms with Gasteiger partial charge >= 0.3 is 0 Å². The minimum atomic E-state index is -0.567. The Morgan fingerprint density at radius 3 is 2.22 bits per heavy atom. The summed E-state index contributed by atoms with van der Waals surface area (Å²) >= 11 is 5.84. The first-order chi connectivity index (χ1) is 11.1. The fraction of sp³-hybridized carbons (Fsp3) is 0.278. The van der Waals surface area contributed by atoms with E-state index in [1.807, 2.05) is 26.0 Å². The molecule has 0 radical (unpaired) electrons. The summed E-state index contributed by atoms with van der Waals surface area (Å²) in [4.78, 5) is 12.3. The van der Waals surface area contributed by atoms with Crippen LogP contribution in [0, 0.1) is 0 Å². The van der Waals surface area contributed by atoms with Crippen molar-refractivity contribution in [1.82, 2.24) is 0 Å². The van der Waals surface area contributed by atoms with E-state index in [0.29, 0.717) is 29.5 Å². The lowest BCUT2D eigenvalue weighted by molar-refractivity contribution is -0.122. The third-order valence-corrected chi connectivity index (χ3v) is 3.44. The minimum absolute atomic E-state index is 0.188. The van der Waals surface area contributed by atoms with Crippen LogP contribution in [0.3, 0.4) is 0 Å². The SMILES string of the molecule is CCOc1ccc(NC(=O)[C@H](CC)Oc2ccc(Cl)cc2)cc1. The van der Waals surface area contributed by atoms with Crippen molar-refractivity contribution < 1.29 is 14.3 Å². The fourth-order valence-corrected chi connectivity index (χ4v) is 2.15. The zero-order chi connectivity index (χ0) is 16.7. The van der Waals surface area contributed by atoms with E-state index in [9.17, 15) is 4.79 Å². The Morgan fingerprint density at radius 1 is 1.04 bits per heavy atom. The van der Waals surface area contributed by atoms with Gasteiger partial charge < -0.3 is 14.8 Å². The monoisotopic (exact) mass is 333 g/mol. The standard InChI is InChI=1S/C18H20ClNO3/c1-3-17(23-16-9-5-13(19)6-10-16)18(21)20-14-7-11-15(12-8-14)22-4-2/h5-12,17H,3-4H2,1-2H3,(H,20,21)/t17-/m0/s1. The molecule has 0 fully saturated rings. The number of hydrogen-bond donors (Lipinski definition) is 1. The molecule has 2 aromatic rings. The summed E-state index contributed by atoms with van der Waals surface area (Å²) in [6.45, 7) is 4.44. The summed E-state index contributed by atoms with van der Waals surface area (Å²) in [6, 6.07) is 14.2. The van der Waals surface area contributed by atoms with Crippen molar-refractivity contribution >= 4 is 23.2 Å². The van der Waals surface area contributed by atoms with Gasteiger partial charge in [0.15, 0.2) is 6.10 Å². The molecule has 2 rings (SSSR count). The van der Waals surface area contributed by atoms with E-state index in [1.54, 1.807) is 36.4 Å². The Hall–Kier alpha value is -2.20. The highest BCUT2D eigenvalue weighted by Crippen LogP contribution is 2.19. The van der Waals surface area contributed by atoms with Crippen LogP contribution in [0.4, 0.5) is 5.69 Å². The van der Waals surface area contributed by atoms with E-state index in [-0.39, 0.29) is 5.91 Å². The van der Waals surface area contributed by atoms with Gasteiger partial charge in [-0.2, -0.15) is 0 Å². The molecule has 2 aromatic carbocycles. The van der Waals surface area contributed by atoms with Gasteiger partial charge in [0.25, 0.3) is 5.91 Å². The number of amides is 1. The van der Waals surface area contributed by atoms with Crippen LogP contribution < -0.4 is 14.8 Å². The number of rotatable bonds is 7. The van der Waals surface area contributed by atoms with Gasteiger partial charge in [0.05, 0.1) is 6.61 Å². The predicted molar refractivity (Wildman–Crippen MR) is 92.4 cm³/mol. The van der Waals surface area contributed by atoms with Crippen molar-refractivity contribution in [3.63, 3.8) is 0 Å². The highest BCUT2D eigenvalue weighted by atomic mass is 35.5. The molecule has 0 saturated heterocycles. The predicted octanol–water partition coefficient (Wildman–Crippen LogP) is 4.53. The van der Waals surface area contributed by atoms with Gasteiger partial charge in [0, 0.05) is 10.7 Å². The maximum absolute atomic E-state index is 12.3. The topological polar surface area (TPSA) is 47.6 Å². The number of hydrogen-bond acceptors (Lipinski definition) is 3. The third kappa shape index (κ3) is 5.18. The molecule has 23 heavy (non-hydrogen) atoms.